The van der Waals surface area contributed by atoms with Crippen LogP contribution in [0.2, 0.25) is 0 Å². The molecular weight excluding hydrogens is 368 g/mol. The Kier molecular flexibility index (Phi) is 6.71. The standard InChI is InChI=1S/C16H20BF3N2O5/c1-9(2)7-14(17(24)25)21-15(23)13-8-12(22-27-13)10-3-5-11(6-4-10)26-16(18,19)20/h3-6,9,13-14,24-25H,7-8H2,1-2H3,(H,21,23)/t13?,14-/m0/s1. The zero-order chi connectivity index (χ0) is 20.2. The normalized spacial score (nSPS) is 17.9. The summed E-state index contributed by atoms with van der Waals surface area (Å²) in [5.74, 6) is -1.63. The molecule has 1 unspecified atom stereocenters. The van der Waals surface area contributed by atoms with Gasteiger partial charge in [-0.25, -0.2) is 0 Å². The molecule has 3 N–H and O–H groups in total. The number of amides is 1. The second kappa shape index (κ2) is 8.62. The molecule has 11 heteroatoms. The summed E-state index contributed by atoms with van der Waals surface area (Å²) in [5.41, 5.74) is 0.874. The van der Waals surface area contributed by atoms with Crippen LogP contribution >= 0.6 is 0 Å². The van der Waals surface area contributed by atoms with Crippen LogP contribution in [0.1, 0.15) is 32.3 Å². The monoisotopic (exact) mass is 388 g/mol. The Morgan fingerprint density at radius 3 is 2.52 bits per heavy atom. The molecule has 2 atom stereocenters. The van der Waals surface area contributed by atoms with Crippen molar-refractivity contribution in [2.75, 3.05) is 0 Å². The third-order valence-electron chi connectivity index (χ3n) is 3.80. The van der Waals surface area contributed by atoms with E-state index in [0.29, 0.717) is 17.7 Å². The summed E-state index contributed by atoms with van der Waals surface area (Å²) in [6, 6.07) is 5.03. The Labute approximate surface area is 154 Å². The summed E-state index contributed by atoms with van der Waals surface area (Å²) in [4.78, 5) is 17.3. The molecule has 0 radical (unpaired) electrons. The van der Waals surface area contributed by atoms with Crippen molar-refractivity contribution in [1.29, 1.82) is 0 Å². The molecule has 0 fully saturated rings. The van der Waals surface area contributed by atoms with Crippen molar-refractivity contribution < 1.29 is 37.6 Å². The van der Waals surface area contributed by atoms with Crippen molar-refractivity contribution in [3.8, 4) is 5.75 Å². The molecule has 1 aliphatic rings. The van der Waals surface area contributed by atoms with Crippen LogP contribution in [0.3, 0.4) is 0 Å². The van der Waals surface area contributed by atoms with Crippen LogP contribution < -0.4 is 10.1 Å². The fourth-order valence-corrected chi connectivity index (χ4v) is 2.58. The van der Waals surface area contributed by atoms with Crippen LogP contribution in [0.5, 0.6) is 5.75 Å². The van der Waals surface area contributed by atoms with Gasteiger partial charge in [-0.05, 0) is 42.2 Å². The molecular formula is C16H20BF3N2O5. The van der Waals surface area contributed by atoms with Crippen molar-refractivity contribution in [3.05, 3.63) is 29.8 Å². The highest BCUT2D eigenvalue weighted by atomic mass is 19.4. The zero-order valence-electron chi connectivity index (χ0n) is 14.7. The van der Waals surface area contributed by atoms with E-state index < -0.39 is 31.4 Å². The van der Waals surface area contributed by atoms with Gasteiger partial charge in [-0.2, -0.15) is 0 Å². The van der Waals surface area contributed by atoms with E-state index in [1.807, 2.05) is 13.8 Å². The van der Waals surface area contributed by atoms with Crippen molar-refractivity contribution in [1.82, 2.24) is 5.32 Å². The molecule has 0 bridgehead atoms. The lowest BCUT2D eigenvalue weighted by Crippen LogP contribution is -2.50. The van der Waals surface area contributed by atoms with E-state index in [1.54, 1.807) is 0 Å². The predicted molar refractivity (Wildman–Crippen MR) is 90.7 cm³/mol. The smallest absolute Gasteiger partial charge is 0.426 e. The summed E-state index contributed by atoms with van der Waals surface area (Å²) in [7, 11) is -1.71. The maximum Gasteiger partial charge on any atom is 0.573 e. The highest BCUT2D eigenvalue weighted by Gasteiger charge is 2.34. The quantitative estimate of drug-likeness (QED) is 0.617. The largest absolute Gasteiger partial charge is 0.573 e. The van der Waals surface area contributed by atoms with E-state index in [4.69, 9.17) is 4.84 Å². The number of hydrogen-bond acceptors (Lipinski definition) is 6. The molecule has 0 saturated heterocycles. The second-order valence-electron chi connectivity index (χ2n) is 6.57. The Bertz CT molecular complexity index is 680. The van der Waals surface area contributed by atoms with E-state index in [-0.39, 0.29) is 18.1 Å². The van der Waals surface area contributed by atoms with Gasteiger partial charge in [0.05, 0.1) is 11.7 Å². The van der Waals surface area contributed by atoms with Gasteiger partial charge < -0.3 is 24.9 Å². The van der Waals surface area contributed by atoms with Crippen LogP contribution in [-0.2, 0) is 9.63 Å². The molecule has 0 aliphatic carbocycles. The summed E-state index contributed by atoms with van der Waals surface area (Å²) in [6.45, 7) is 3.75. The van der Waals surface area contributed by atoms with Gasteiger partial charge in [-0.1, -0.05) is 19.0 Å². The molecule has 1 aliphatic heterocycles. The molecule has 148 valence electrons. The molecule has 27 heavy (non-hydrogen) atoms. The average Bonchev–Trinajstić information content (AvgIpc) is 3.03. The number of nitrogens with zero attached hydrogens (tertiary/aromatic N) is 1. The Morgan fingerprint density at radius 2 is 2.00 bits per heavy atom. The van der Waals surface area contributed by atoms with E-state index >= 15 is 0 Å². The third kappa shape index (κ3) is 6.44. The van der Waals surface area contributed by atoms with Crippen LogP contribution in [0.4, 0.5) is 13.2 Å². The molecule has 0 saturated carbocycles. The minimum atomic E-state index is -4.78. The lowest BCUT2D eigenvalue weighted by atomic mass is 9.75. The van der Waals surface area contributed by atoms with E-state index in [2.05, 4.69) is 15.2 Å². The van der Waals surface area contributed by atoms with E-state index in [9.17, 15) is 28.0 Å². The fourth-order valence-electron chi connectivity index (χ4n) is 2.58. The number of carbonyl (C=O) groups is 1. The second-order valence-corrected chi connectivity index (χ2v) is 6.57. The number of oxime groups is 1. The number of hydrogen-bond donors (Lipinski definition) is 3. The third-order valence-corrected chi connectivity index (χ3v) is 3.80. The van der Waals surface area contributed by atoms with Gasteiger partial charge in [0.15, 0.2) is 0 Å². The molecule has 1 amide bonds. The lowest BCUT2D eigenvalue weighted by Gasteiger charge is -2.20. The van der Waals surface area contributed by atoms with Gasteiger partial charge in [-0.15, -0.1) is 13.2 Å². The number of ether oxygens (including phenoxy) is 1. The minimum Gasteiger partial charge on any atom is -0.426 e. The molecule has 0 spiro atoms. The SMILES string of the molecule is CC(C)C[C@H](NC(=O)C1CC(c2ccc(OC(F)(F)F)cc2)=NO1)B(O)O. The minimum absolute atomic E-state index is 0.0984. The number of rotatable bonds is 7. The Balaban J connectivity index is 1.94. The van der Waals surface area contributed by atoms with Crippen molar-refractivity contribution >= 4 is 18.7 Å². The molecule has 7 nitrogen and oxygen atoms in total. The molecule has 0 aromatic heterocycles. The number of carbonyl (C=O) groups excluding carboxylic acids is 1. The number of alkyl halides is 3. The molecule has 2 rings (SSSR count). The first-order valence-corrected chi connectivity index (χ1v) is 8.30. The average molecular weight is 388 g/mol. The van der Waals surface area contributed by atoms with Crippen molar-refractivity contribution in [2.45, 2.75) is 45.1 Å². The summed E-state index contributed by atoms with van der Waals surface area (Å²) >= 11 is 0. The topological polar surface area (TPSA) is 100 Å². The number of halogens is 3. The molecule has 1 aromatic carbocycles. The van der Waals surface area contributed by atoms with Gasteiger partial charge >= 0.3 is 13.5 Å². The maximum absolute atomic E-state index is 12.3. The van der Waals surface area contributed by atoms with Gasteiger partial charge in [0, 0.05) is 6.42 Å². The number of nitrogens with one attached hydrogen (secondary N) is 1. The van der Waals surface area contributed by atoms with Crippen molar-refractivity contribution in [3.63, 3.8) is 0 Å². The van der Waals surface area contributed by atoms with Crippen LogP contribution in [0.25, 0.3) is 0 Å². The van der Waals surface area contributed by atoms with Crippen LogP contribution in [0.15, 0.2) is 29.4 Å². The van der Waals surface area contributed by atoms with E-state index in [1.165, 1.54) is 12.1 Å². The molecule has 1 heterocycles. The Morgan fingerprint density at radius 1 is 1.37 bits per heavy atom. The highest BCUT2D eigenvalue weighted by Crippen LogP contribution is 2.24. The van der Waals surface area contributed by atoms with Gasteiger partial charge in [-0.3, -0.25) is 4.79 Å². The number of benzene rings is 1. The van der Waals surface area contributed by atoms with E-state index in [0.717, 1.165) is 12.1 Å². The fraction of sp³-hybridized carbons (Fsp3) is 0.500. The first kappa shape index (κ1) is 21.0. The maximum atomic E-state index is 12.3. The lowest BCUT2D eigenvalue weighted by molar-refractivity contribution is -0.274. The van der Waals surface area contributed by atoms with Gasteiger partial charge in [0.25, 0.3) is 5.91 Å². The predicted octanol–water partition coefficient (Wildman–Crippen LogP) is 1.62. The zero-order valence-corrected chi connectivity index (χ0v) is 14.7. The van der Waals surface area contributed by atoms with Gasteiger partial charge in [0.2, 0.25) is 6.10 Å². The van der Waals surface area contributed by atoms with Crippen LogP contribution in [0, 0.1) is 5.92 Å². The first-order chi connectivity index (χ1) is 12.5. The summed E-state index contributed by atoms with van der Waals surface area (Å²) in [6.07, 6.45) is -5.27. The highest BCUT2D eigenvalue weighted by molar-refractivity contribution is 6.43. The first-order valence-electron chi connectivity index (χ1n) is 8.30. The Hall–Kier alpha value is -2.27. The van der Waals surface area contributed by atoms with Crippen molar-refractivity contribution in [2.24, 2.45) is 11.1 Å². The van der Waals surface area contributed by atoms with Gasteiger partial charge in [0.1, 0.15) is 5.75 Å². The van der Waals surface area contributed by atoms with Crippen LogP contribution in [-0.4, -0.2) is 47.2 Å². The summed E-state index contributed by atoms with van der Waals surface area (Å²) in [5, 5.41) is 25.0. The molecule has 1 aromatic rings. The summed E-state index contributed by atoms with van der Waals surface area (Å²) < 4.78 is 40.3.